The summed E-state index contributed by atoms with van der Waals surface area (Å²) in [6.07, 6.45) is 1.72. The smallest absolute Gasteiger partial charge is 0.449 e. The Morgan fingerprint density at radius 1 is 1.17 bits per heavy atom. The highest BCUT2D eigenvalue weighted by Crippen LogP contribution is 2.39. The predicted molar refractivity (Wildman–Crippen MR) is 109 cm³/mol. The van der Waals surface area contributed by atoms with Crippen LogP contribution in [0.4, 0.5) is 14.9 Å². The molecule has 2 aliphatic rings. The number of nitrogens with zero attached hydrogens (tertiary/aromatic N) is 2. The first-order valence-corrected chi connectivity index (χ1v) is 10.0. The van der Waals surface area contributed by atoms with E-state index in [1.807, 2.05) is 4.57 Å². The van der Waals surface area contributed by atoms with Gasteiger partial charge in [0, 0.05) is 30.2 Å². The summed E-state index contributed by atoms with van der Waals surface area (Å²) >= 11 is 0. The highest BCUT2D eigenvalue weighted by atomic mass is 19.1. The third-order valence-corrected chi connectivity index (χ3v) is 6.33. The normalized spacial score (nSPS) is 27.3. The largest absolute Gasteiger partial charge is 0.511 e. The van der Waals surface area contributed by atoms with E-state index in [-0.39, 0.29) is 41.3 Å². The van der Waals surface area contributed by atoms with Crippen LogP contribution in [0, 0.1) is 5.82 Å². The van der Waals surface area contributed by atoms with Gasteiger partial charge in [0.25, 0.3) is 0 Å². The van der Waals surface area contributed by atoms with E-state index < -0.39 is 17.4 Å². The fraction of sp³-hybridized carbons (Fsp3) is 0.524. The molecule has 8 heteroatoms. The maximum Gasteiger partial charge on any atom is 0.511 e. The summed E-state index contributed by atoms with van der Waals surface area (Å²) in [6, 6.07) is 3.57. The highest BCUT2D eigenvalue weighted by Gasteiger charge is 2.36. The van der Waals surface area contributed by atoms with Crippen molar-refractivity contribution in [2.24, 2.45) is 0 Å². The zero-order valence-corrected chi connectivity index (χ0v) is 17.0. The molecule has 1 saturated heterocycles. The lowest BCUT2D eigenvalue weighted by Gasteiger charge is -2.48. The zero-order valence-electron chi connectivity index (χ0n) is 17.0. The minimum Gasteiger partial charge on any atom is -0.449 e. The van der Waals surface area contributed by atoms with Crippen molar-refractivity contribution in [3.05, 3.63) is 34.4 Å². The molecule has 1 aliphatic heterocycles. The molecule has 2 fully saturated rings. The fourth-order valence-electron chi connectivity index (χ4n) is 4.34. The maximum absolute atomic E-state index is 15.3. The standard InChI is InChI=1S/C21H26FN3O4/c1-10-12(3)25(13(4)11(2)23-10)18-8-17-15(7-16(18)22)20(26)19(29-21(27)28)9-24(17)14-5-6-14/h7-14,23H,5-6H2,1-4H3,(H,27,28). The van der Waals surface area contributed by atoms with Gasteiger partial charge in [0.2, 0.25) is 5.43 Å². The second kappa shape index (κ2) is 7.02. The minimum absolute atomic E-state index is 0.0591. The molecule has 0 radical (unpaired) electrons. The van der Waals surface area contributed by atoms with Crippen LogP contribution in [0.2, 0.25) is 0 Å². The summed E-state index contributed by atoms with van der Waals surface area (Å²) < 4.78 is 21.8. The first kappa shape index (κ1) is 19.7. The lowest BCUT2D eigenvalue weighted by atomic mass is 9.96. The van der Waals surface area contributed by atoms with Crippen LogP contribution in [0.25, 0.3) is 10.9 Å². The maximum atomic E-state index is 15.3. The van der Waals surface area contributed by atoms with Crippen LogP contribution >= 0.6 is 0 Å². The molecule has 1 aromatic carbocycles. The lowest BCUT2D eigenvalue weighted by molar-refractivity contribution is 0.143. The van der Waals surface area contributed by atoms with Gasteiger partial charge in [0.1, 0.15) is 5.82 Å². The van der Waals surface area contributed by atoms with E-state index in [4.69, 9.17) is 5.11 Å². The van der Waals surface area contributed by atoms with Gasteiger partial charge in [0.05, 0.1) is 22.8 Å². The van der Waals surface area contributed by atoms with Gasteiger partial charge in [-0.1, -0.05) is 0 Å². The fourth-order valence-corrected chi connectivity index (χ4v) is 4.34. The van der Waals surface area contributed by atoms with Crippen molar-refractivity contribution in [3.8, 4) is 5.75 Å². The Bertz CT molecular complexity index is 1020. The van der Waals surface area contributed by atoms with Gasteiger partial charge < -0.3 is 24.6 Å². The van der Waals surface area contributed by atoms with Gasteiger partial charge in [-0.15, -0.1) is 0 Å². The second-order valence-corrected chi connectivity index (χ2v) is 8.28. The first-order chi connectivity index (χ1) is 13.7. The summed E-state index contributed by atoms with van der Waals surface area (Å²) in [6.45, 7) is 8.27. The molecule has 0 amide bonds. The molecular weight excluding hydrogens is 377 g/mol. The third-order valence-electron chi connectivity index (χ3n) is 6.33. The zero-order chi connectivity index (χ0) is 21.0. The number of pyridine rings is 1. The first-order valence-electron chi connectivity index (χ1n) is 10.0. The van der Waals surface area contributed by atoms with Crippen molar-refractivity contribution in [1.29, 1.82) is 0 Å². The Morgan fingerprint density at radius 2 is 1.79 bits per heavy atom. The number of anilines is 1. The molecular formula is C21H26FN3O4. The van der Waals surface area contributed by atoms with Crippen molar-refractivity contribution in [1.82, 2.24) is 9.88 Å². The number of ether oxygens (including phenoxy) is 1. The molecule has 0 bridgehead atoms. The summed E-state index contributed by atoms with van der Waals surface area (Å²) in [5, 5.41) is 12.6. The molecule has 4 rings (SSSR count). The van der Waals surface area contributed by atoms with Gasteiger partial charge in [-0.05, 0) is 52.7 Å². The Morgan fingerprint density at radius 3 is 2.34 bits per heavy atom. The number of nitrogens with one attached hydrogen (secondary N) is 1. The summed E-state index contributed by atoms with van der Waals surface area (Å²) in [5.74, 6) is -0.792. The number of fused-ring (bicyclic) bond motifs is 1. The quantitative estimate of drug-likeness (QED) is 0.764. The van der Waals surface area contributed by atoms with Crippen LogP contribution in [0.15, 0.2) is 23.1 Å². The molecule has 4 atom stereocenters. The molecule has 2 heterocycles. The van der Waals surface area contributed by atoms with Gasteiger partial charge in [0.15, 0.2) is 5.75 Å². The average molecular weight is 403 g/mol. The summed E-state index contributed by atoms with van der Waals surface area (Å²) in [5.41, 5.74) is 0.441. The number of hydrogen-bond donors (Lipinski definition) is 2. The number of hydrogen-bond acceptors (Lipinski definition) is 5. The van der Waals surface area contributed by atoms with E-state index in [9.17, 15) is 9.59 Å². The van der Waals surface area contributed by atoms with Crippen molar-refractivity contribution in [3.63, 3.8) is 0 Å². The molecule has 1 saturated carbocycles. The Balaban J connectivity index is 1.92. The van der Waals surface area contributed by atoms with Crippen molar-refractivity contribution >= 4 is 22.7 Å². The predicted octanol–water partition coefficient (Wildman–Crippen LogP) is 3.50. The van der Waals surface area contributed by atoms with Crippen molar-refractivity contribution < 1.29 is 19.0 Å². The molecule has 1 aromatic heterocycles. The lowest BCUT2D eigenvalue weighted by Crippen LogP contribution is -2.64. The molecule has 7 nitrogen and oxygen atoms in total. The van der Waals surface area contributed by atoms with Gasteiger partial charge >= 0.3 is 6.16 Å². The topological polar surface area (TPSA) is 83.8 Å². The van der Waals surface area contributed by atoms with Gasteiger partial charge in [-0.3, -0.25) is 4.79 Å². The van der Waals surface area contributed by atoms with E-state index in [1.54, 1.807) is 6.07 Å². The molecule has 2 aromatic rings. The van der Waals surface area contributed by atoms with E-state index in [0.717, 1.165) is 12.8 Å². The summed E-state index contributed by atoms with van der Waals surface area (Å²) in [4.78, 5) is 25.8. The SMILES string of the molecule is CC1NC(C)C(C)N(c2cc3c(cc2F)c(=O)c(OC(=O)O)cn3C2CC2)C1C. The number of halogens is 1. The van der Waals surface area contributed by atoms with E-state index in [0.29, 0.717) is 11.2 Å². The molecule has 2 N–H and O–H groups in total. The Hall–Kier alpha value is -2.61. The molecule has 4 unspecified atom stereocenters. The molecule has 29 heavy (non-hydrogen) atoms. The highest BCUT2D eigenvalue weighted by molar-refractivity contribution is 5.85. The Labute approximate surface area is 168 Å². The third kappa shape index (κ3) is 3.35. The second-order valence-electron chi connectivity index (χ2n) is 8.28. The van der Waals surface area contributed by atoms with Crippen LogP contribution in [0.3, 0.4) is 0 Å². The molecule has 0 spiro atoms. The van der Waals surface area contributed by atoms with Crippen LogP contribution in [0.1, 0.15) is 46.6 Å². The monoisotopic (exact) mass is 403 g/mol. The van der Waals surface area contributed by atoms with Gasteiger partial charge in [-0.2, -0.15) is 0 Å². The number of carboxylic acid groups (broad SMARTS) is 1. The number of benzene rings is 1. The van der Waals surface area contributed by atoms with Crippen LogP contribution < -0.4 is 20.4 Å². The average Bonchev–Trinajstić information content (AvgIpc) is 3.48. The number of carbonyl (C=O) groups is 1. The molecule has 1 aliphatic carbocycles. The number of piperazine rings is 1. The number of aromatic nitrogens is 1. The number of rotatable bonds is 3. The van der Waals surface area contributed by atoms with Crippen molar-refractivity contribution in [2.75, 3.05) is 4.90 Å². The van der Waals surface area contributed by atoms with Crippen LogP contribution in [-0.2, 0) is 0 Å². The van der Waals surface area contributed by atoms with E-state index in [2.05, 4.69) is 42.6 Å². The van der Waals surface area contributed by atoms with E-state index >= 15 is 4.39 Å². The Kier molecular flexibility index (Phi) is 4.77. The van der Waals surface area contributed by atoms with Crippen molar-refractivity contribution in [2.45, 2.75) is 70.7 Å². The van der Waals surface area contributed by atoms with Crippen LogP contribution in [0.5, 0.6) is 5.75 Å². The molecule has 156 valence electrons. The minimum atomic E-state index is -1.56. The van der Waals surface area contributed by atoms with Gasteiger partial charge in [-0.25, -0.2) is 9.18 Å². The van der Waals surface area contributed by atoms with E-state index in [1.165, 1.54) is 12.3 Å². The van der Waals surface area contributed by atoms with Crippen LogP contribution in [-0.4, -0.2) is 40.0 Å². The summed E-state index contributed by atoms with van der Waals surface area (Å²) in [7, 11) is 0.